The summed E-state index contributed by atoms with van der Waals surface area (Å²) in [4.78, 5) is 0. The number of aryl methyl sites for hydroxylation is 2. The van der Waals surface area contributed by atoms with Gasteiger partial charge in [-0.25, -0.2) is 0 Å². The molecule has 96 valence electrons. The summed E-state index contributed by atoms with van der Waals surface area (Å²) in [7, 11) is 0. The van der Waals surface area contributed by atoms with Crippen LogP contribution in [0.5, 0.6) is 0 Å². The maximum Gasteiger partial charge on any atom is 0.0523 e. The predicted molar refractivity (Wildman–Crippen MR) is 82.4 cm³/mol. The third kappa shape index (κ3) is 1.86. The van der Waals surface area contributed by atoms with E-state index in [1.165, 1.54) is 27.7 Å². The Labute approximate surface area is 114 Å². The monoisotopic (exact) mass is 249 g/mol. The molecule has 0 saturated carbocycles. The van der Waals surface area contributed by atoms with Crippen molar-refractivity contribution in [3.63, 3.8) is 0 Å². The molecule has 0 aliphatic heterocycles. The topological polar surface area (TPSA) is 4.93 Å². The number of aromatic nitrogens is 1. The third-order valence-corrected chi connectivity index (χ3v) is 3.79. The zero-order chi connectivity index (χ0) is 13.2. The molecule has 1 heterocycles. The summed E-state index contributed by atoms with van der Waals surface area (Å²) in [5.74, 6) is 0. The molecular weight excluding hydrogens is 230 g/mol. The largest absolute Gasteiger partial charge is 0.341 e. The molecule has 0 bridgehead atoms. The lowest BCUT2D eigenvalue weighted by Gasteiger charge is -2.09. The Morgan fingerprint density at radius 2 is 1.53 bits per heavy atom. The Kier molecular flexibility index (Phi) is 3.12. The standard InChI is InChI=1S/C18H19N/c1-3-15-16-12-8-9-13-17(16)19(4-2)18(15)14-10-6-5-7-11-14/h5-13H,3-4H2,1-2H3. The van der Waals surface area contributed by atoms with Crippen LogP contribution in [0.25, 0.3) is 22.2 Å². The van der Waals surface area contributed by atoms with Gasteiger partial charge in [0.05, 0.1) is 5.69 Å². The maximum absolute atomic E-state index is 2.43. The molecule has 0 saturated heterocycles. The van der Waals surface area contributed by atoms with Crippen molar-refractivity contribution in [1.82, 2.24) is 4.57 Å². The van der Waals surface area contributed by atoms with Gasteiger partial charge in [-0.15, -0.1) is 0 Å². The molecule has 0 N–H and O–H groups in total. The number of nitrogens with zero attached hydrogens (tertiary/aromatic N) is 1. The number of fused-ring (bicyclic) bond motifs is 1. The van der Waals surface area contributed by atoms with Crippen molar-refractivity contribution in [2.75, 3.05) is 0 Å². The van der Waals surface area contributed by atoms with Gasteiger partial charge in [0, 0.05) is 17.4 Å². The van der Waals surface area contributed by atoms with E-state index >= 15 is 0 Å². The zero-order valence-electron chi connectivity index (χ0n) is 11.6. The molecule has 1 heteroatoms. The summed E-state index contributed by atoms with van der Waals surface area (Å²) >= 11 is 0. The van der Waals surface area contributed by atoms with Crippen LogP contribution < -0.4 is 0 Å². The summed E-state index contributed by atoms with van der Waals surface area (Å²) in [5.41, 5.74) is 5.51. The van der Waals surface area contributed by atoms with Crippen molar-refractivity contribution in [2.24, 2.45) is 0 Å². The molecule has 19 heavy (non-hydrogen) atoms. The summed E-state index contributed by atoms with van der Waals surface area (Å²) in [5, 5.41) is 1.39. The Morgan fingerprint density at radius 3 is 2.21 bits per heavy atom. The van der Waals surface area contributed by atoms with E-state index in [9.17, 15) is 0 Å². The van der Waals surface area contributed by atoms with Crippen LogP contribution in [-0.4, -0.2) is 4.57 Å². The van der Waals surface area contributed by atoms with Crippen LogP contribution in [0.4, 0.5) is 0 Å². The van der Waals surface area contributed by atoms with E-state index in [0.29, 0.717) is 0 Å². The SMILES string of the molecule is CCc1c(-c2ccccc2)n(CC)c2ccccc12. The van der Waals surface area contributed by atoms with E-state index in [1.54, 1.807) is 0 Å². The lowest BCUT2D eigenvalue weighted by atomic mass is 10.0. The van der Waals surface area contributed by atoms with Crippen molar-refractivity contribution < 1.29 is 0 Å². The first-order chi connectivity index (χ1) is 9.36. The number of para-hydroxylation sites is 1. The average Bonchev–Trinajstić information content (AvgIpc) is 2.81. The van der Waals surface area contributed by atoms with Gasteiger partial charge in [0.15, 0.2) is 0 Å². The van der Waals surface area contributed by atoms with Crippen molar-refractivity contribution >= 4 is 10.9 Å². The molecule has 0 amide bonds. The van der Waals surface area contributed by atoms with Gasteiger partial charge in [-0.05, 0) is 30.5 Å². The van der Waals surface area contributed by atoms with Crippen LogP contribution in [0.1, 0.15) is 19.4 Å². The molecule has 0 spiro atoms. The fraction of sp³-hybridized carbons (Fsp3) is 0.222. The summed E-state index contributed by atoms with van der Waals surface area (Å²) in [6.45, 7) is 5.47. The molecule has 0 aliphatic rings. The molecule has 1 aromatic heterocycles. The third-order valence-electron chi connectivity index (χ3n) is 3.79. The van der Waals surface area contributed by atoms with E-state index in [4.69, 9.17) is 0 Å². The van der Waals surface area contributed by atoms with E-state index in [2.05, 4.69) is 73.0 Å². The number of rotatable bonds is 3. The van der Waals surface area contributed by atoms with E-state index in [-0.39, 0.29) is 0 Å². The van der Waals surface area contributed by atoms with E-state index < -0.39 is 0 Å². The van der Waals surface area contributed by atoms with Gasteiger partial charge in [0.1, 0.15) is 0 Å². The molecule has 0 fully saturated rings. The van der Waals surface area contributed by atoms with Gasteiger partial charge in [-0.3, -0.25) is 0 Å². The molecule has 1 nitrogen and oxygen atoms in total. The molecule has 2 aromatic carbocycles. The lowest BCUT2D eigenvalue weighted by molar-refractivity contribution is 0.801. The van der Waals surface area contributed by atoms with Gasteiger partial charge < -0.3 is 4.57 Å². The van der Waals surface area contributed by atoms with Crippen LogP contribution in [-0.2, 0) is 13.0 Å². The van der Waals surface area contributed by atoms with E-state index in [0.717, 1.165) is 13.0 Å². The first-order valence-corrected chi connectivity index (χ1v) is 7.02. The Hall–Kier alpha value is -2.02. The Bertz CT molecular complexity index is 651. The molecule has 0 unspecified atom stereocenters. The Morgan fingerprint density at radius 1 is 0.842 bits per heavy atom. The summed E-state index contributed by atoms with van der Waals surface area (Å²) in [6, 6.07) is 19.5. The van der Waals surface area contributed by atoms with Gasteiger partial charge in [0.25, 0.3) is 0 Å². The van der Waals surface area contributed by atoms with Crippen LogP contribution in [0, 0.1) is 0 Å². The van der Waals surface area contributed by atoms with Crippen LogP contribution >= 0.6 is 0 Å². The Balaban J connectivity index is 2.40. The van der Waals surface area contributed by atoms with Crippen LogP contribution in [0.2, 0.25) is 0 Å². The number of hydrogen-bond acceptors (Lipinski definition) is 0. The minimum atomic E-state index is 1.00. The fourth-order valence-corrected chi connectivity index (χ4v) is 2.99. The second kappa shape index (κ2) is 4.93. The highest BCUT2D eigenvalue weighted by Crippen LogP contribution is 2.34. The zero-order valence-corrected chi connectivity index (χ0v) is 11.6. The molecule has 0 radical (unpaired) electrons. The van der Waals surface area contributed by atoms with Crippen molar-refractivity contribution in [3.05, 3.63) is 60.2 Å². The van der Waals surface area contributed by atoms with Crippen LogP contribution in [0.15, 0.2) is 54.6 Å². The predicted octanol–water partition coefficient (Wildman–Crippen LogP) is 4.89. The van der Waals surface area contributed by atoms with E-state index in [1.807, 2.05) is 0 Å². The first kappa shape index (κ1) is 12.0. The summed E-state index contributed by atoms with van der Waals surface area (Å²) in [6.07, 6.45) is 1.07. The number of hydrogen-bond donors (Lipinski definition) is 0. The molecule has 0 aliphatic carbocycles. The maximum atomic E-state index is 2.43. The second-order valence-corrected chi connectivity index (χ2v) is 4.81. The molecular formula is C18H19N. The minimum absolute atomic E-state index is 1.00. The first-order valence-electron chi connectivity index (χ1n) is 7.02. The quantitative estimate of drug-likeness (QED) is 0.622. The highest BCUT2D eigenvalue weighted by atomic mass is 15.0. The minimum Gasteiger partial charge on any atom is -0.341 e. The fourth-order valence-electron chi connectivity index (χ4n) is 2.99. The highest BCUT2D eigenvalue weighted by molar-refractivity contribution is 5.91. The lowest BCUT2D eigenvalue weighted by Crippen LogP contribution is -1.97. The second-order valence-electron chi connectivity index (χ2n) is 4.81. The van der Waals surface area contributed by atoms with Gasteiger partial charge in [0.2, 0.25) is 0 Å². The molecule has 3 aromatic rings. The average molecular weight is 249 g/mol. The summed E-state index contributed by atoms with van der Waals surface area (Å²) < 4.78 is 2.43. The van der Waals surface area contributed by atoms with Crippen LogP contribution in [0.3, 0.4) is 0 Å². The normalized spacial score (nSPS) is 11.1. The highest BCUT2D eigenvalue weighted by Gasteiger charge is 2.15. The molecule has 0 atom stereocenters. The van der Waals surface area contributed by atoms with Gasteiger partial charge in [-0.1, -0.05) is 55.5 Å². The van der Waals surface area contributed by atoms with Crippen molar-refractivity contribution in [2.45, 2.75) is 26.8 Å². The van der Waals surface area contributed by atoms with Crippen molar-refractivity contribution in [1.29, 1.82) is 0 Å². The smallest absolute Gasteiger partial charge is 0.0523 e. The van der Waals surface area contributed by atoms with Gasteiger partial charge in [-0.2, -0.15) is 0 Å². The van der Waals surface area contributed by atoms with Gasteiger partial charge >= 0.3 is 0 Å². The van der Waals surface area contributed by atoms with Crippen molar-refractivity contribution in [3.8, 4) is 11.3 Å². The number of benzene rings is 2. The molecule has 3 rings (SSSR count).